The van der Waals surface area contributed by atoms with Crippen molar-refractivity contribution < 1.29 is 9.90 Å². The summed E-state index contributed by atoms with van der Waals surface area (Å²) < 4.78 is 0. The molecule has 0 saturated carbocycles. The monoisotopic (exact) mass is 157 g/mol. The molecule has 1 heterocycles. The van der Waals surface area contributed by atoms with Crippen LogP contribution in [0.15, 0.2) is 0 Å². The van der Waals surface area contributed by atoms with E-state index in [0.29, 0.717) is 0 Å². The number of hydrogen-bond acceptors (Lipinski definition) is 2. The summed E-state index contributed by atoms with van der Waals surface area (Å²) in [5.41, 5.74) is 0. The second kappa shape index (κ2) is 3.72. The number of aliphatic carboxylic acids is 1. The Balaban J connectivity index is 2.45. The minimum Gasteiger partial charge on any atom is -0.481 e. The van der Waals surface area contributed by atoms with Gasteiger partial charge in [0, 0.05) is 6.54 Å². The van der Waals surface area contributed by atoms with Crippen molar-refractivity contribution in [3.63, 3.8) is 0 Å². The Morgan fingerprint density at radius 3 is 2.91 bits per heavy atom. The van der Waals surface area contributed by atoms with Crippen molar-refractivity contribution >= 4 is 5.97 Å². The molecule has 3 heteroatoms. The lowest BCUT2D eigenvalue weighted by molar-refractivity contribution is -0.142. The number of hydrogen-bond donors (Lipinski definition) is 1. The van der Waals surface area contributed by atoms with Crippen LogP contribution in [0.4, 0.5) is 0 Å². The molecule has 1 N–H and O–H groups in total. The van der Waals surface area contributed by atoms with E-state index in [1.54, 1.807) is 0 Å². The minimum absolute atomic E-state index is 0.137. The van der Waals surface area contributed by atoms with Crippen LogP contribution in [0, 0.1) is 5.92 Å². The fraction of sp³-hybridized carbons (Fsp3) is 0.875. The average molecular weight is 157 g/mol. The fourth-order valence-corrected chi connectivity index (χ4v) is 1.53. The zero-order valence-electron chi connectivity index (χ0n) is 6.92. The molecule has 0 aliphatic carbocycles. The van der Waals surface area contributed by atoms with E-state index in [2.05, 4.69) is 4.90 Å². The van der Waals surface area contributed by atoms with E-state index < -0.39 is 5.97 Å². The first-order valence-electron chi connectivity index (χ1n) is 4.11. The largest absolute Gasteiger partial charge is 0.481 e. The van der Waals surface area contributed by atoms with Crippen LogP contribution < -0.4 is 0 Å². The van der Waals surface area contributed by atoms with Gasteiger partial charge in [-0.2, -0.15) is 0 Å². The first-order chi connectivity index (χ1) is 5.20. The molecule has 1 saturated heterocycles. The van der Waals surface area contributed by atoms with Crippen LogP contribution in [0.1, 0.15) is 19.3 Å². The zero-order chi connectivity index (χ0) is 8.27. The van der Waals surface area contributed by atoms with Gasteiger partial charge in [-0.1, -0.05) is 6.42 Å². The predicted molar refractivity (Wildman–Crippen MR) is 42.5 cm³/mol. The third-order valence-electron chi connectivity index (χ3n) is 2.22. The lowest BCUT2D eigenvalue weighted by Gasteiger charge is -2.15. The van der Waals surface area contributed by atoms with Crippen molar-refractivity contribution in [2.45, 2.75) is 19.3 Å². The van der Waals surface area contributed by atoms with Crippen molar-refractivity contribution in [1.82, 2.24) is 4.90 Å². The number of nitrogens with zero attached hydrogens (tertiary/aromatic N) is 1. The topological polar surface area (TPSA) is 40.5 Å². The summed E-state index contributed by atoms with van der Waals surface area (Å²) in [6.07, 6.45) is 3.04. The average Bonchev–Trinajstić information content (AvgIpc) is 2.13. The van der Waals surface area contributed by atoms with Crippen molar-refractivity contribution in [2.75, 3.05) is 20.1 Å². The van der Waals surface area contributed by atoms with E-state index in [1.165, 1.54) is 0 Å². The second-order valence-electron chi connectivity index (χ2n) is 3.29. The quantitative estimate of drug-likeness (QED) is 0.612. The van der Waals surface area contributed by atoms with E-state index in [9.17, 15) is 4.79 Å². The second-order valence-corrected chi connectivity index (χ2v) is 3.29. The van der Waals surface area contributed by atoms with Crippen molar-refractivity contribution in [3.8, 4) is 0 Å². The van der Waals surface area contributed by atoms with Crippen LogP contribution in [0.25, 0.3) is 0 Å². The Morgan fingerprint density at radius 2 is 2.27 bits per heavy atom. The normalized spacial score (nSPS) is 27.9. The first-order valence-corrected chi connectivity index (χ1v) is 4.11. The van der Waals surface area contributed by atoms with Gasteiger partial charge in [0.2, 0.25) is 0 Å². The maximum absolute atomic E-state index is 10.6. The maximum Gasteiger partial charge on any atom is 0.307 e. The number of carboxylic acids is 1. The Bertz CT molecular complexity index is 147. The zero-order valence-corrected chi connectivity index (χ0v) is 6.92. The van der Waals surface area contributed by atoms with Crippen LogP contribution in [0.3, 0.4) is 0 Å². The number of carbonyl (C=O) groups is 1. The van der Waals surface area contributed by atoms with Crippen LogP contribution >= 0.6 is 0 Å². The third kappa shape index (κ3) is 2.50. The van der Waals surface area contributed by atoms with E-state index in [-0.39, 0.29) is 5.92 Å². The lowest BCUT2D eigenvalue weighted by Crippen LogP contribution is -2.28. The summed E-state index contributed by atoms with van der Waals surface area (Å²) in [7, 11) is 1.99. The molecule has 1 fully saturated rings. The van der Waals surface area contributed by atoms with Gasteiger partial charge >= 0.3 is 5.97 Å². The van der Waals surface area contributed by atoms with Gasteiger partial charge in [0.05, 0.1) is 5.92 Å². The molecule has 3 nitrogen and oxygen atoms in total. The summed E-state index contributed by atoms with van der Waals surface area (Å²) >= 11 is 0. The number of rotatable bonds is 1. The summed E-state index contributed by atoms with van der Waals surface area (Å²) in [5, 5.41) is 8.75. The maximum atomic E-state index is 10.6. The van der Waals surface area contributed by atoms with E-state index in [4.69, 9.17) is 5.11 Å². The van der Waals surface area contributed by atoms with Crippen LogP contribution in [-0.2, 0) is 4.79 Å². The SMILES string of the molecule is CN1CCCC[C@H](C(=O)O)C1. The molecule has 1 atom stereocenters. The van der Waals surface area contributed by atoms with Crippen molar-refractivity contribution in [2.24, 2.45) is 5.92 Å². The molecule has 1 rings (SSSR count). The van der Waals surface area contributed by atoms with Gasteiger partial charge in [-0.3, -0.25) is 4.79 Å². The molecule has 0 aromatic heterocycles. The number of likely N-dealkylation sites (tertiary alicyclic amines) is 1. The Kier molecular flexibility index (Phi) is 2.88. The molecule has 0 aromatic rings. The van der Waals surface area contributed by atoms with E-state index >= 15 is 0 Å². The molecule has 1 aliphatic rings. The molecule has 64 valence electrons. The smallest absolute Gasteiger partial charge is 0.307 e. The minimum atomic E-state index is -0.640. The van der Waals surface area contributed by atoms with Gasteiger partial charge in [0.25, 0.3) is 0 Å². The van der Waals surface area contributed by atoms with E-state index in [1.807, 2.05) is 7.05 Å². The molecule has 0 unspecified atom stereocenters. The molecule has 0 aromatic carbocycles. The van der Waals surface area contributed by atoms with Gasteiger partial charge in [-0.05, 0) is 26.4 Å². The highest BCUT2D eigenvalue weighted by atomic mass is 16.4. The summed E-state index contributed by atoms with van der Waals surface area (Å²) in [6, 6.07) is 0. The molecule has 0 spiro atoms. The Labute approximate surface area is 67.0 Å². The van der Waals surface area contributed by atoms with Gasteiger partial charge < -0.3 is 10.0 Å². The highest BCUT2D eigenvalue weighted by Gasteiger charge is 2.21. The van der Waals surface area contributed by atoms with Crippen molar-refractivity contribution in [3.05, 3.63) is 0 Å². The third-order valence-corrected chi connectivity index (χ3v) is 2.22. The molecular formula is C8H15NO2. The van der Waals surface area contributed by atoms with Gasteiger partial charge in [-0.25, -0.2) is 0 Å². The standard InChI is InChI=1S/C8H15NO2/c1-9-5-3-2-4-7(6-9)8(10)11/h7H,2-6H2,1H3,(H,10,11)/t7-/m0/s1. The predicted octanol–water partition coefficient (Wildman–Crippen LogP) is 0.803. The summed E-state index contributed by atoms with van der Waals surface area (Å²) in [6.45, 7) is 1.76. The van der Waals surface area contributed by atoms with Crippen LogP contribution in [0.2, 0.25) is 0 Å². The first kappa shape index (κ1) is 8.53. The van der Waals surface area contributed by atoms with Gasteiger partial charge in [0.15, 0.2) is 0 Å². The molecule has 0 amide bonds. The van der Waals surface area contributed by atoms with Crippen LogP contribution in [-0.4, -0.2) is 36.1 Å². The number of carboxylic acid groups (broad SMARTS) is 1. The van der Waals surface area contributed by atoms with Crippen molar-refractivity contribution in [1.29, 1.82) is 0 Å². The van der Waals surface area contributed by atoms with Crippen LogP contribution in [0.5, 0.6) is 0 Å². The van der Waals surface area contributed by atoms with Gasteiger partial charge in [0.1, 0.15) is 0 Å². The fourth-order valence-electron chi connectivity index (χ4n) is 1.53. The highest BCUT2D eigenvalue weighted by Crippen LogP contribution is 2.14. The van der Waals surface area contributed by atoms with E-state index in [0.717, 1.165) is 32.4 Å². The molecule has 0 radical (unpaired) electrons. The molecule has 0 bridgehead atoms. The molecule has 1 aliphatic heterocycles. The summed E-state index contributed by atoms with van der Waals surface area (Å²) in [5.74, 6) is -0.777. The Morgan fingerprint density at radius 1 is 1.55 bits per heavy atom. The Hall–Kier alpha value is -0.570. The lowest BCUT2D eigenvalue weighted by atomic mass is 10.0. The molecule has 11 heavy (non-hydrogen) atoms. The highest BCUT2D eigenvalue weighted by molar-refractivity contribution is 5.70. The summed E-state index contributed by atoms with van der Waals surface area (Å²) in [4.78, 5) is 12.7. The van der Waals surface area contributed by atoms with Gasteiger partial charge in [-0.15, -0.1) is 0 Å². The molecular weight excluding hydrogens is 142 g/mol.